The first-order chi connectivity index (χ1) is 10.1. The minimum Gasteiger partial charge on any atom is -0.507 e. The fourth-order valence-corrected chi connectivity index (χ4v) is 1.85. The second-order valence-corrected chi connectivity index (χ2v) is 5.64. The molecule has 0 fully saturated rings. The van der Waals surface area contributed by atoms with E-state index in [1.54, 1.807) is 0 Å². The first-order valence-corrected chi connectivity index (χ1v) is 6.85. The molecule has 0 atom stereocenters. The van der Waals surface area contributed by atoms with Crippen molar-refractivity contribution in [2.45, 2.75) is 10.7 Å². The number of nitrogens with zero attached hydrogens (tertiary/aromatic N) is 2. The van der Waals surface area contributed by atoms with Gasteiger partial charge in [0.05, 0.1) is 5.56 Å². The third-order valence-corrected chi connectivity index (χ3v) is 3.58. The number of nitrogens with one attached hydrogen (secondary N) is 1. The number of anilines is 1. The monoisotopic (exact) mass is 337 g/mol. The lowest BCUT2D eigenvalue weighted by molar-refractivity contribution is -0.0441. The standard InChI is InChI=1S/C10H6F3N3O5S/c11-10(12,13)22(19,20)9-15-8(21-16-9)14-7(18)5-3-1-2-4-6(5)17/h1-4,17H,(H,14,15,16,18). The molecule has 0 spiro atoms. The molecular weight excluding hydrogens is 331 g/mol. The average molecular weight is 337 g/mol. The van der Waals surface area contributed by atoms with Crippen molar-refractivity contribution in [1.82, 2.24) is 10.1 Å². The molecule has 1 aromatic carbocycles. The zero-order chi connectivity index (χ0) is 16.5. The fraction of sp³-hybridized carbons (Fsp3) is 0.100. The van der Waals surface area contributed by atoms with Gasteiger partial charge >= 0.3 is 21.4 Å². The minimum absolute atomic E-state index is 0.221. The van der Waals surface area contributed by atoms with Crippen LogP contribution in [0.2, 0.25) is 0 Å². The quantitative estimate of drug-likeness (QED) is 0.866. The lowest BCUT2D eigenvalue weighted by atomic mass is 10.2. The van der Waals surface area contributed by atoms with E-state index in [1.807, 2.05) is 5.32 Å². The van der Waals surface area contributed by atoms with E-state index < -0.39 is 38.2 Å². The largest absolute Gasteiger partial charge is 0.507 e. The summed E-state index contributed by atoms with van der Waals surface area (Å²) < 4.78 is 63.1. The number of amides is 1. The van der Waals surface area contributed by atoms with Crippen LogP contribution in [-0.2, 0) is 9.84 Å². The summed E-state index contributed by atoms with van der Waals surface area (Å²) in [6, 6.07) is 4.40. The maximum Gasteiger partial charge on any atom is 0.505 e. The van der Waals surface area contributed by atoms with Gasteiger partial charge in [0, 0.05) is 0 Å². The summed E-state index contributed by atoms with van der Waals surface area (Å²) >= 11 is 0. The van der Waals surface area contributed by atoms with Crippen molar-refractivity contribution in [3.05, 3.63) is 29.8 Å². The van der Waals surface area contributed by atoms with Crippen LogP contribution in [-0.4, -0.2) is 35.1 Å². The molecule has 0 aliphatic carbocycles. The zero-order valence-corrected chi connectivity index (χ0v) is 11.1. The second kappa shape index (κ2) is 5.29. The number of phenolic OH excluding ortho intramolecular Hbond substituents is 1. The van der Waals surface area contributed by atoms with Crippen molar-refractivity contribution in [3.8, 4) is 5.75 Å². The Morgan fingerprint density at radius 2 is 1.91 bits per heavy atom. The van der Waals surface area contributed by atoms with Crippen LogP contribution in [0, 0.1) is 0 Å². The molecule has 118 valence electrons. The van der Waals surface area contributed by atoms with Gasteiger partial charge in [-0.2, -0.15) is 18.2 Å². The Kier molecular flexibility index (Phi) is 3.79. The van der Waals surface area contributed by atoms with E-state index in [9.17, 15) is 31.5 Å². The minimum atomic E-state index is -5.78. The number of aromatic hydroxyl groups is 1. The Balaban J connectivity index is 2.24. The Hall–Kier alpha value is -2.63. The van der Waals surface area contributed by atoms with Crippen molar-refractivity contribution in [1.29, 1.82) is 0 Å². The van der Waals surface area contributed by atoms with Gasteiger partial charge in [-0.3, -0.25) is 10.1 Å². The van der Waals surface area contributed by atoms with Crippen LogP contribution in [0.3, 0.4) is 0 Å². The van der Waals surface area contributed by atoms with Gasteiger partial charge in [-0.25, -0.2) is 8.42 Å². The predicted octanol–water partition coefficient (Wildman–Crippen LogP) is 1.32. The van der Waals surface area contributed by atoms with Crippen molar-refractivity contribution < 1.29 is 36.0 Å². The van der Waals surface area contributed by atoms with E-state index in [-0.39, 0.29) is 5.56 Å². The highest BCUT2D eigenvalue weighted by Gasteiger charge is 2.50. The SMILES string of the molecule is O=C(Nc1nc(S(=O)(=O)C(F)(F)F)no1)c1ccccc1O. The predicted molar refractivity (Wildman–Crippen MR) is 63.6 cm³/mol. The van der Waals surface area contributed by atoms with E-state index >= 15 is 0 Å². The third-order valence-electron chi connectivity index (χ3n) is 2.32. The van der Waals surface area contributed by atoms with Crippen molar-refractivity contribution >= 4 is 21.8 Å². The summed E-state index contributed by atoms with van der Waals surface area (Å²) in [6.45, 7) is 0. The van der Waals surface area contributed by atoms with E-state index in [1.165, 1.54) is 24.3 Å². The molecule has 2 aromatic rings. The number of hydrogen-bond donors (Lipinski definition) is 2. The number of para-hydroxylation sites is 1. The van der Waals surface area contributed by atoms with Crippen LogP contribution in [0.25, 0.3) is 0 Å². The molecule has 0 bridgehead atoms. The molecule has 1 heterocycles. The highest BCUT2D eigenvalue weighted by molar-refractivity contribution is 7.92. The summed E-state index contributed by atoms with van der Waals surface area (Å²) in [6.07, 6.45) is 0. The number of rotatable bonds is 3. The Morgan fingerprint density at radius 3 is 2.50 bits per heavy atom. The summed E-state index contributed by atoms with van der Waals surface area (Å²) in [7, 11) is -5.78. The lowest BCUT2D eigenvalue weighted by Crippen LogP contribution is -2.24. The topological polar surface area (TPSA) is 122 Å². The number of sulfone groups is 1. The summed E-state index contributed by atoms with van der Waals surface area (Å²) in [5.74, 6) is -1.37. The maximum atomic E-state index is 12.3. The zero-order valence-electron chi connectivity index (χ0n) is 10.3. The summed E-state index contributed by atoms with van der Waals surface area (Å²) in [5.41, 5.74) is -5.82. The number of benzene rings is 1. The van der Waals surface area contributed by atoms with Crippen molar-refractivity contribution in [3.63, 3.8) is 0 Å². The van der Waals surface area contributed by atoms with Gasteiger partial charge in [-0.1, -0.05) is 12.1 Å². The first-order valence-electron chi connectivity index (χ1n) is 5.37. The first kappa shape index (κ1) is 15.8. The van der Waals surface area contributed by atoms with Crippen molar-refractivity contribution in [2.24, 2.45) is 0 Å². The van der Waals surface area contributed by atoms with Gasteiger partial charge in [0.15, 0.2) is 0 Å². The number of carbonyl (C=O) groups excluding carboxylic acids is 1. The van der Waals surface area contributed by atoms with Crippen LogP contribution in [0.1, 0.15) is 10.4 Å². The van der Waals surface area contributed by atoms with Crippen LogP contribution in [0.15, 0.2) is 33.9 Å². The molecule has 2 N–H and O–H groups in total. The Bertz CT molecular complexity index is 815. The van der Waals surface area contributed by atoms with Crippen molar-refractivity contribution in [2.75, 3.05) is 5.32 Å². The van der Waals surface area contributed by atoms with Crippen LogP contribution >= 0.6 is 0 Å². The molecule has 12 heteroatoms. The molecule has 2 rings (SSSR count). The molecule has 1 aromatic heterocycles. The molecule has 1 amide bonds. The smallest absolute Gasteiger partial charge is 0.505 e. The molecule has 0 saturated carbocycles. The van der Waals surface area contributed by atoms with Gasteiger partial charge in [0.2, 0.25) is 0 Å². The molecule has 8 nitrogen and oxygen atoms in total. The number of alkyl halides is 3. The van der Waals surface area contributed by atoms with Crippen LogP contribution in [0.4, 0.5) is 19.2 Å². The molecule has 0 radical (unpaired) electrons. The average Bonchev–Trinajstić information content (AvgIpc) is 2.87. The second-order valence-electron chi connectivity index (χ2n) is 3.80. The lowest BCUT2D eigenvalue weighted by Gasteiger charge is -2.03. The molecule has 0 aliphatic rings. The number of aromatic nitrogens is 2. The van der Waals surface area contributed by atoms with E-state index in [2.05, 4.69) is 14.7 Å². The van der Waals surface area contributed by atoms with E-state index in [0.717, 1.165) is 0 Å². The van der Waals surface area contributed by atoms with Gasteiger partial charge < -0.3 is 9.63 Å². The van der Waals surface area contributed by atoms with E-state index in [4.69, 9.17) is 0 Å². The summed E-state index contributed by atoms with van der Waals surface area (Å²) in [4.78, 5) is 14.7. The van der Waals surface area contributed by atoms with Crippen LogP contribution in [0.5, 0.6) is 5.75 Å². The number of carbonyl (C=O) groups is 1. The maximum absolute atomic E-state index is 12.3. The van der Waals surface area contributed by atoms with Gasteiger partial charge in [-0.15, -0.1) is 0 Å². The van der Waals surface area contributed by atoms with Gasteiger partial charge in [-0.05, 0) is 17.3 Å². The van der Waals surface area contributed by atoms with Gasteiger partial charge in [0.1, 0.15) is 5.75 Å². The fourth-order valence-electron chi connectivity index (χ4n) is 1.30. The van der Waals surface area contributed by atoms with E-state index in [0.29, 0.717) is 0 Å². The normalized spacial score (nSPS) is 12.1. The number of hydrogen-bond acceptors (Lipinski definition) is 7. The highest BCUT2D eigenvalue weighted by Crippen LogP contribution is 2.29. The molecule has 0 saturated heterocycles. The number of halogens is 3. The highest BCUT2D eigenvalue weighted by atomic mass is 32.2. The number of phenols is 1. The molecule has 22 heavy (non-hydrogen) atoms. The molecule has 0 aliphatic heterocycles. The Morgan fingerprint density at radius 1 is 1.27 bits per heavy atom. The summed E-state index contributed by atoms with van der Waals surface area (Å²) in [5, 5.41) is 12.3. The third kappa shape index (κ3) is 2.86. The van der Waals surface area contributed by atoms with Gasteiger partial charge in [0.25, 0.3) is 11.1 Å². The molecule has 0 unspecified atom stereocenters. The van der Waals surface area contributed by atoms with Crippen LogP contribution < -0.4 is 5.32 Å². The Labute approximate surface area is 120 Å². The molecular formula is C10H6F3N3O5S.